The first-order valence-electron chi connectivity index (χ1n) is 1.03. The van der Waals surface area contributed by atoms with E-state index in [1.54, 1.807) is 0 Å². The van der Waals surface area contributed by atoms with E-state index in [-0.39, 0.29) is 18.9 Å². The van der Waals surface area contributed by atoms with Gasteiger partial charge in [0.15, 0.2) is 0 Å². The van der Waals surface area contributed by atoms with Crippen molar-refractivity contribution in [2.24, 2.45) is 0 Å². The zero-order valence-electron chi connectivity index (χ0n) is 3.18. The summed E-state index contributed by atoms with van der Waals surface area (Å²) < 4.78 is 4.83. The van der Waals surface area contributed by atoms with Gasteiger partial charge in [-0.15, -0.1) is 0 Å². The van der Waals surface area contributed by atoms with Crippen molar-refractivity contribution >= 4 is 75.9 Å². The van der Waals surface area contributed by atoms with Gasteiger partial charge in [-0.25, -0.2) is 4.79 Å². The molecule has 6 heteroatoms. The zero-order chi connectivity index (χ0) is 5.58. The van der Waals surface area contributed by atoms with Gasteiger partial charge in [-0.1, -0.05) is 0 Å². The van der Waals surface area contributed by atoms with E-state index in [0.29, 0.717) is 47.1 Å². The monoisotopic (exact) mass is 144 g/mol. The molecule has 3 nitrogen and oxygen atoms in total. The fourth-order valence-electron chi connectivity index (χ4n) is 0. The molecule has 0 aromatic carbocycles. The van der Waals surface area contributed by atoms with Crippen LogP contribution in [0.5, 0.6) is 0 Å². The molecule has 0 saturated carbocycles. The Labute approximate surface area is 89.0 Å². The van der Waals surface area contributed by atoms with E-state index in [1.807, 2.05) is 0 Å². The second-order valence-electron chi connectivity index (χ2n) is 0.283. The van der Waals surface area contributed by atoms with E-state index in [0.717, 1.165) is 0 Å². The Hall–Kier alpha value is 1.79. The first-order valence-corrected chi connectivity index (χ1v) is 5.33. The summed E-state index contributed by atoms with van der Waals surface area (Å²) in [7, 11) is 0. The standard InChI is InChI=1S/CH2O3.ClH.K.Li.H/c2-1(3)4;;;;/h(H2,2,3,4);1H;;;/q;;+1;;/p-1. The Morgan fingerprint density at radius 3 is 1.43 bits per heavy atom. The molecule has 0 aliphatic heterocycles. The van der Waals surface area contributed by atoms with Crippen LogP contribution in [-0.4, -0.2) is 82.4 Å². The molecule has 0 rings (SSSR count). The van der Waals surface area contributed by atoms with Crippen molar-refractivity contribution in [2.45, 2.75) is 0 Å². The Balaban J connectivity index is -0.0000000480. The van der Waals surface area contributed by atoms with Crippen molar-refractivity contribution in [1.82, 2.24) is 0 Å². The van der Waals surface area contributed by atoms with E-state index < -0.39 is 6.16 Å². The third kappa shape index (κ3) is 81.3. The molecule has 7 heavy (non-hydrogen) atoms. The summed E-state index contributed by atoms with van der Waals surface area (Å²) in [6, 6.07) is 0. The molecule has 34 valence electrons. The molecule has 0 amide bonds. The van der Waals surface area contributed by atoms with Gasteiger partial charge in [0.1, 0.15) is 0 Å². The second kappa shape index (κ2) is 15.7. The molecule has 0 fully saturated rings. The quantitative estimate of drug-likeness (QED) is 0.466. The van der Waals surface area contributed by atoms with E-state index in [2.05, 4.69) is 0 Å². The van der Waals surface area contributed by atoms with E-state index >= 15 is 0 Å². The minimum atomic E-state index is -1.83. The molecule has 0 bridgehead atoms. The summed E-state index contributed by atoms with van der Waals surface area (Å²) in [5, 5.41) is 13.9. The summed E-state index contributed by atoms with van der Waals surface area (Å²) in [6.45, 7) is 0. The van der Waals surface area contributed by atoms with Crippen LogP contribution in [-0.2, 0) is 0 Å². The van der Waals surface area contributed by atoms with E-state index in [9.17, 15) is 0 Å². The molecule has 0 aromatic rings. The fourth-order valence-corrected chi connectivity index (χ4v) is 0. The topological polar surface area (TPSA) is 57.5 Å². The summed E-state index contributed by atoms with van der Waals surface area (Å²) in [4.78, 5) is 8.56. The zero-order valence-corrected chi connectivity index (χ0v) is 7.06. The molecule has 0 heterocycles. The number of hydrogen-bond donors (Lipinski definition) is 2. The first-order chi connectivity index (χ1) is 2.73. The molecule has 0 aromatic heterocycles. The number of hydrogen-bond acceptors (Lipinski definition) is 1. The average molecular weight is 145 g/mol. The number of carbonyl (C=O) groups is 1. The Morgan fingerprint density at radius 2 is 1.43 bits per heavy atom. The van der Waals surface area contributed by atoms with Gasteiger partial charge in [-0.2, -0.15) is 0 Å². The van der Waals surface area contributed by atoms with Crippen molar-refractivity contribution in [3.63, 3.8) is 0 Å². The molecule has 0 unspecified atom stereocenters. The van der Waals surface area contributed by atoms with Gasteiger partial charge in [-0.05, 0) is 0 Å². The van der Waals surface area contributed by atoms with E-state index in [1.165, 1.54) is 0 Å². The number of carboxylic acid groups (broad SMARTS) is 2. The summed E-state index contributed by atoms with van der Waals surface area (Å²) in [5.74, 6) is 0. The molecule has 0 radical (unpaired) electrons. The maximum atomic E-state index is 8.56. The van der Waals surface area contributed by atoms with Crippen molar-refractivity contribution in [2.75, 3.05) is 0 Å². The Morgan fingerprint density at radius 1 is 1.43 bits per heavy atom. The average Bonchev–Trinajstić information content (AvgIpc) is 1.41. The SMILES string of the molecule is O=C(O)O.[Cl][K].[LiH]. The molecule has 0 aliphatic rings. The molecule has 2 N–H and O–H groups in total. The molecular weight excluding hydrogens is 142 g/mol. The van der Waals surface area contributed by atoms with Crippen LogP contribution in [0.25, 0.3) is 0 Å². The first kappa shape index (κ1) is 15.9. The van der Waals surface area contributed by atoms with Crippen LogP contribution in [0.4, 0.5) is 4.79 Å². The van der Waals surface area contributed by atoms with Crippen LogP contribution >= 0.6 is 3.76 Å². The normalized spacial score (nSPS) is 4.43. The third-order valence-electron chi connectivity index (χ3n) is 0. The van der Waals surface area contributed by atoms with Gasteiger partial charge >= 0.3 is 75.9 Å². The molecule has 0 aliphatic carbocycles. The number of halogens is 1. The van der Waals surface area contributed by atoms with Crippen molar-refractivity contribution < 1.29 is 15.0 Å². The van der Waals surface area contributed by atoms with Crippen molar-refractivity contribution in [1.29, 1.82) is 0 Å². The van der Waals surface area contributed by atoms with Gasteiger partial charge < -0.3 is 10.2 Å². The van der Waals surface area contributed by atoms with Gasteiger partial charge in [0.25, 0.3) is 0 Å². The predicted molar refractivity (Wildman–Crippen MR) is 29.4 cm³/mol. The molecule has 0 saturated heterocycles. The fraction of sp³-hybridized carbons (Fsp3) is 0. The van der Waals surface area contributed by atoms with Crippen LogP contribution in [0.15, 0.2) is 0 Å². The van der Waals surface area contributed by atoms with Crippen molar-refractivity contribution in [3.8, 4) is 0 Å². The van der Waals surface area contributed by atoms with Crippen LogP contribution in [0.1, 0.15) is 0 Å². The predicted octanol–water partition coefficient (Wildman–Crippen LogP) is -0.117. The van der Waals surface area contributed by atoms with Crippen LogP contribution in [0.2, 0.25) is 0 Å². The summed E-state index contributed by atoms with van der Waals surface area (Å²) in [6.07, 6.45) is -1.83. The summed E-state index contributed by atoms with van der Waals surface area (Å²) >= 11 is 0.535. The minimum absolute atomic E-state index is 0. The second-order valence-corrected chi connectivity index (χ2v) is 0.283. The van der Waals surface area contributed by atoms with Gasteiger partial charge in [0.2, 0.25) is 0 Å². The van der Waals surface area contributed by atoms with Crippen LogP contribution < -0.4 is 0 Å². The number of rotatable bonds is 0. The molecule has 0 atom stereocenters. The maximum absolute atomic E-state index is 8.56. The third-order valence-corrected chi connectivity index (χ3v) is 0. The van der Waals surface area contributed by atoms with Crippen LogP contribution in [0.3, 0.4) is 0 Å². The summed E-state index contributed by atoms with van der Waals surface area (Å²) in [5.41, 5.74) is 0. The Bertz CT molecular complexity index is 37.9. The van der Waals surface area contributed by atoms with E-state index in [4.69, 9.17) is 18.8 Å². The molecule has 0 spiro atoms. The molecular formula is CH3ClKLiO3. The van der Waals surface area contributed by atoms with Gasteiger partial charge in [0, 0.05) is 0 Å². The van der Waals surface area contributed by atoms with Crippen LogP contribution in [0, 0.1) is 0 Å². The van der Waals surface area contributed by atoms with Crippen molar-refractivity contribution in [3.05, 3.63) is 0 Å². The van der Waals surface area contributed by atoms with Gasteiger partial charge in [0.05, 0.1) is 0 Å². The Kier molecular flexibility index (Phi) is 35.6. The van der Waals surface area contributed by atoms with Gasteiger partial charge in [-0.3, -0.25) is 0 Å².